The van der Waals surface area contributed by atoms with E-state index in [4.69, 9.17) is 0 Å². The van der Waals surface area contributed by atoms with Gasteiger partial charge in [0.2, 0.25) is 5.72 Å². The summed E-state index contributed by atoms with van der Waals surface area (Å²) in [6.07, 6.45) is -6.61. The van der Waals surface area contributed by atoms with Crippen LogP contribution in [0.2, 0.25) is 0 Å². The summed E-state index contributed by atoms with van der Waals surface area (Å²) in [5.74, 6) is -1.61. The van der Waals surface area contributed by atoms with E-state index in [0.29, 0.717) is 0 Å². The maximum atomic E-state index is 12.8. The van der Waals surface area contributed by atoms with Crippen LogP contribution < -0.4 is 0 Å². The summed E-state index contributed by atoms with van der Waals surface area (Å²) in [6, 6.07) is 2.45. The highest BCUT2D eigenvalue weighted by atomic mass is 19.3. The molecule has 0 aliphatic carbocycles. The van der Waals surface area contributed by atoms with Crippen LogP contribution in [-0.2, 0) is 0 Å². The normalized spacial score (nSPS) is 23.3. The van der Waals surface area contributed by atoms with Crippen molar-refractivity contribution < 1.29 is 31.9 Å². The molecule has 0 bridgehead atoms. The quantitative estimate of drug-likeness (QED) is 0.857. The molecule has 0 unspecified atom stereocenters. The zero-order valence-electron chi connectivity index (χ0n) is 9.26. The van der Waals surface area contributed by atoms with Gasteiger partial charge < -0.3 is 9.52 Å². The van der Waals surface area contributed by atoms with Crippen molar-refractivity contribution in [2.75, 3.05) is 0 Å². The Morgan fingerprint density at radius 3 is 2.63 bits per heavy atom. The lowest BCUT2D eigenvalue weighted by atomic mass is 10.1. The highest BCUT2D eigenvalue weighted by molar-refractivity contribution is 5.97. The van der Waals surface area contributed by atoms with Crippen molar-refractivity contribution in [3.05, 3.63) is 24.2 Å². The molecule has 1 amide bonds. The summed E-state index contributed by atoms with van der Waals surface area (Å²) in [4.78, 5) is 11.8. The molecular formula is C10H8F4N2O3. The fourth-order valence-electron chi connectivity index (χ4n) is 1.61. The molecule has 0 fully saturated rings. The van der Waals surface area contributed by atoms with Gasteiger partial charge in [-0.1, -0.05) is 0 Å². The second-order valence-electron chi connectivity index (χ2n) is 3.84. The number of furan rings is 1. The average molecular weight is 280 g/mol. The Labute approximate surface area is 104 Å². The van der Waals surface area contributed by atoms with Gasteiger partial charge in [-0.25, -0.2) is 17.6 Å². The number of carbonyl (C=O) groups is 1. The highest BCUT2D eigenvalue weighted by Crippen LogP contribution is 2.34. The number of halogens is 4. The molecule has 0 saturated carbocycles. The third-order valence-corrected chi connectivity index (χ3v) is 2.56. The van der Waals surface area contributed by atoms with E-state index in [-0.39, 0.29) is 5.01 Å². The number of amides is 1. The Morgan fingerprint density at radius 2 is 2.16 bits per heavy atom. The molecule has 1 aliphatic rings. The maximum Gasteiger partial charge on any atom is 0.312 e. The summed E-state index contributed by atoms with van der Waals surface area (Å²) in [5.41, 5.74) is -4.07. The van der Waals surface area contributed by atoms with Crippen LogP contribution >= 0.6 is 0 Å². The minimum absolute atomic E-state index is 0.0575. The number of carbonyl (C=O) groups excluding carboxylic acids is 1. The topological polar surface area (TPSA) is 66.0 Å². The molecule has 0 aromatic carbocycles. The Bertz CT molecular complexity index is 503. The molecule has 0 saturated heterocycles. The van der Waals surface area contributed by atoms with Crippen LogP contribution in [0.3, 0.4) is 0 Å². The lowest BCUT2D eigenvalue weighted by molar-refractivity contribution is -0.164. The standard InChI is InChI=1S/C10H8F4N2O3/c11-7(12)5-4-10(18,9(13)14)16(15-5)8(17)6-2-1-3-19-6/h1-3,7,9,18H,4H2/t10-/m1/s1. The molecule has 1 N–H and O–H groups in total. The number of nitrogens with zero attached hydrogens (tertiary/aromatic N) is 2. The fraction of sp³-hybridized carbons (Fsp3) is 0.400. The summed E-state index contributed by atoms with van der Waals surface area (Å²) in [5, 5.41) is 12.7. The summed E-state index contributed by atoms with van der Waals surface area (Å²) in [7, 11) is 0. The number of alkyl halides is 4. The highest BCUT2D eigenvalue weighted by Gasteiger charge is 2.53. The van der Waals surface area contributed by atoms with Crippen molar-refractivity contribution in [1.29, 1.82) is 0 Å². The Balaban J connectivity index is 2.36. The molecule has 1 atom stereocenters. The first-order chi connectivity index (χ1) is 8.86. The molecule has 9 heteroatoms. The largest absolute Gasteiger partial charge is 0.459 e. The summed E-state index contributed by atoms with van der Waals surface area (Å²) < 4.78 is 55.3. The van der Waals surface area contributed by atoms with Crippen molar-refractivity contribution in [2.24, 2.45) is 5.10 Å². The Hall–Kier alpha value is -1.90. The molecule has 2 rings (SSSR count). The molecule has 19 heavy (non-hydrogen) atoms. The fourth-order valence-corrected chi connectivity index (χ4v) is 1.61. The predicted molar refractivity (Wildman–Crippen MR) is 53.9 cm³/mol. The van der Waals surface area contributed by atoms with Gasteiger partial charge in [0.1, 0.15) is 5.71 Å². The van der Waals surface area contributed by atoms with E-state index < -0.39 is 42.4 Å². The number of hydrogen-bond acceptors (Lipinski definition) is 4. The van der Waals surface area contributed by atoms with Crippen LogP contribution in [0.15, 0.2) is 27.9 Å². The minimum Gasteiger partial charge on any atom is -0.459 e. The first kappa shape index (κ1) is 13.5. The predicted octanol–water partition coefficient (Wildman–Crippen LogP) is 1.70. The second kappa shape index (κ2) is 4.65. The smallest absolute Gasteiger partial charge is 0.312 e. The van der Waals surface area contributed by atoms with E-state index in [1.165, 1.54) is 6.07 Å². The van der Waals surface area contributed by atoms with E-state index in [2.05, 4.69) is 9.52 Å². The zero-order chi connectivity index (χ0) is 14.2. The van der Waals surface area contributed by atoms with E-state index in [1.807, 2.05) is 0 Å². The lowest BCUT2D eigenvalue weighted by Gasteiger charge is -2.29. The third kappa shape index (κ3) is 2.21. The van der Waals surface area contributed by atoms with E-state index in [9.17, 15) is 27.5 Å². The van der Waals surface area contributed by atoms with Crippen LogP contribution in [0.4, 0.5) is 17.6 Å². The van der Waals surface area contributed by atoms with Gasteiger partial charge >= 0.3 is 5.91 Å². The molecular weight excluding hydrogens is 272 g/mol. The maximum absolute atomic E-state index is 12.8. The number of hydrazone groups is 1. The third-order valence-electron chi connectivity index (χ3n) is 2.56. The molecule has 0 radical (unpaired) electrons. The SMILES string of the molecule is O=C(c1ccco1)N1N=C(C(F)F)C[C@@]1(O)C(F)F. The van der Waals surface area contributed by atoms with Gasteiger partial charge in [0.15, 0.2) is 5.76 Å². The molecule has 1 aromatic rings. The monoisotopic (exact) mass is 280 g/mol. The van der Waals surface area contributed by atoms with Gasteiger partial charge in [-0.05, 0) is 12.1 Å². The second-order valence-corrected chi connectivity index (χ2v) is 3.84. The van der Waals surface area contributed by atoms with Crippen molar-refractivity contribution in [3.63, 3.8) is 0 Å². The number of aliphatic hydroxyl groups is 1. The summed E-state index contributed by atoms with van der Waals surface area (Å²) >= 11 is 0. The number of hydrogen-bond donors (Lipinski definition) is 1. The van der Waals surface area contributed by atoms with Gasteiger partial charge in [-0.3, -0.25) is 4.79 Å². The number of rotatable bonds is 3. The molecule has 104 valence electrons. The van der Waals surface area contributed by atoms with E-state index >= 15 is 0 Å². The Morgan fingerprint density at radius 1 is 1.47 bits per heavy atom. The lowest BCUT2D eigenvalue weighted by Crippen LogP contribution is -2.51. The van der Waals surface area contributed by atoms with Gasteiger partial charge in [-0.15, -0.1) is 0 Å². The average Bonchev–Trinajstić information content (AvgIpc) is 2.95. The molecule has 1 aliphatic heterocycles. The van der Waals surface area contributed by atoms with Crippen molar-refractivity contribution in [1.82, 2.24) is 5.01 Å². The van der Waals surface area contributed by atoms with Gasteiger partial charge in [-0.2, -0.15) is 10.1 Å². The van der Waals surface area contributed by atoms with Gasteiger partial charge in [0.05, 0.1) is 6.26 Å². The van der Waals surface area contributed by atoms with Crippen LogP contribution in [0.1, 0.15) is 17.0 Å². The van der Waals surface area contributed by atoms with E-state index in [0.717, 1.165) is 12.3 Å². The van der Waals surface area contributed by atoms with Crippen molar-refractivity contribution >= 4 is 11.6 Å². The molecule has 0 spiro atoms. The van der Waals surface area contributed by atoms with Gasteiger partial charge in [0, 0.05) is 6.42 Å². The van der Waals surface area contributed by atoms with E-state index in [1.54, 1.807) is 0 Å². The molecule has 2 heterocycles. The zero-order valence-corrected chi connectivity index (χ0v) is 9.26. The summed E-state index contributed by atoms with van der Waals surface area (Å²) in [6.45, 7) is 0. The molecule has 5 nitrogen and oxygen atoms in total. The minimum atomic E-state index is -3.45. The van der Waals surface area contributed by atoms with Gasteiger partial charge in [0.25, 0.3) is 12.9 Å². The van der Waals surface area contributed by atoms with Crippen LogP contribution in [0.25, 0.3) is 0 Å². The van der Waals surface area contributed by atoms with Crippen LogP contribution in [-0.4, -0.2) is 40.3 Å². The first-order valence-electron chi connectivity index (χ1n) is 5.10. The first-order valence-corrected chi connectivity index (χ1v) is 5.10. The Kier molecular flexibility index (Phi) is 3.31. The van der Waals surface area contributed by atoms with Crippen LogP contribution in [0.5, 0.6) is 0 Å². The molecule has 1 aromatic heterocycles. The van der Waals surface area contributed by atoms with Crippen molar-refractivity contribution in [2.45, 2.75) is 25.0 Å². The van der Waals surface area contributed by atoms with Crippen molar-refractivity contribution in [3.8, 4) is 0 Å². The van der Waals surface area contributed by atoms with Crippen LogP contribution in [0, 0.1) is 0 Å².